The first-order chi connectivity index (χ1) is 8.99. The van der Waals surface area contributed by atoms with Crippen molar-refractivity contribution < 1.29 is 4.79 Å². The van der Waals surface area contributed by atoms with Crippen LogP contribution < -0.4 is 5.32 Å². The second-order valence-corrected chi connectivity index (χ2v) is 5.70. The fourth-order valence-electron chi connectivity index (χ4n) is 1.82. The highest BCUT2D eigenvalue weighted by molar-refractivity contribution is 6.44. The molecule has 5 heteroatoms. The van der Waals surface area contributed by atoms with Crippen LogP contribution in [0.1, 0.15) is 39.5 Å². The number of amides is 1. The van der Waals surface area contributed by atoms with Gasteiger partial charge in [-0.05, 0) is 25.0 Å². The molecule has 0 fully saturated rings. The molecule has 1 aromatic carbocycles. The summed E-state index contributed by atoms with van der Waals surface area (Å²) in [6, 6.07) is 3.12. The summed E-state index contributed by atoms with van der Waals surface area (Å²) in [6.45, 7) is 4.12. The van der Waals surface area contributed by atoms with Crippen molar-refractivity contribution in [1.82, 2.24) is 0 Å². The molecule has 0 aliphatic heterocycles. The fraction of sp³-hybridized carbons (Fsp3) is 0.500. The van der Waals surface area contributed by atoms with Crippen LogP contribution >= 0.6 is 34.8 Å². The quantitative estimate of drug-likeness (QED) is 0.659. The minimum absolute atomic E-state index is 0.00507. The van der Waals surface area contributed by atoms with Crippen LogP contribution in [0.15, 0.2) is 12.1 Å². The van der Waals surface area contributed by atoms with Crippen LogP contribution in [0.25, 0.3) is 0 Å². The van der Waals surface area contributed by atoms with Crippen molar-refractivity contribution in [2.45, 2.75) is 39.5 Å². The predicted molar refractivity (Wildman–Crippen MR) is 83.4 cm³/mol. The van der Waals surface area contributed by atoms with Gasteiger partial charge < -0.3 is 5.32 Å². The molecule has 1 unspecified atom stereocenters. The van der Waals surface area contributed by atoms with Gasteiger partial charge in [-0.3, -0.25) is 4.79 Å². The highest BCUT2D eigenvalue weighted by Gasteiger charge is 2.17. The molecular weight excluding hydrogens is 305 g/mol. The topological polar surface area (TPSA) is 29.1 Å². The summed E-state index contributed by atoms with van der Waals surface area (Å²) in [7, 11) is 0. The van der Waals surface area contributed by atoms with E-state index in [1.54, 1.807) is 6.07 Å². The van der Waals surface area contributed by atoms with Gasteiger partial charge in [-0.15, -0.1) is 0 Å². The molecule has 0 heterocycles. The normalized spacial score (nSPS) is 12.3. The van der Waals surface area contributed by atoms with Crippen molar-refractivity contribution in [3.8, 4) is 0 Å². The number of rotatable bonds is 6. The first-order valence-electron chi connectivity index (χ1n) is 6.45. The largest absolute Gasteiger partial charge is 0.324 e. The molecule has 0 aromatic heterocycles. The van der Waals surface area contributed by atoms with E-state index in [0.717, 1.165) is 25.7 Å². The van der Waals surface area contributed by atoms with Gasteiger partial charge in [0, 0.05) is 5.92 Å². The zero-order chi connectivity index (χ0) is 14.4. The second-order valence-electron chi connectivity index (χ2n) is 4.48. The summed E-state index contributed by atoms with van der Waals surface area (Å²) in [5.41, 5.74) is 0.510. The summed E-state index contributed by atoms with van der Waals surface area (Å²) >= 11 is 17.8. The zero-order valence-corrected chi connectivity index (χ0v) is 13.4. The van der Waals surface area contributed by atoms with E-state index >= 15 is 0 Å². The third-order valence-corrected chi connectivity index (χ3v) is 4.07. The van der Waals surface area contributed by atoms with Gasteiger partial charge in [0.1, 0.15) is 0 Å². The van der Waals surface area contributed by atoms with Gasteiger partial charge >= 0.3 is 0 Å². The Balaban J connectivity index is 2.78. The lowest BCUT2D eigenvalue weighted by Crippen LogP contribution is -2.22. The molecule has 19 heavy (non-hydrogen) atoms. The van der Waals surface area contributed by atoms with Crippen molar-refractivity contribution >= 4 is 46.4 Å². The molecule has 0 saturated heterocycles. The summed E-state index contributed by atoms with van der Waals surface area (Å²) in [6.07, 6.45) is 3.82. The van der Waals surface area contributed by atoms with E-state index in [0.29, 0.717) is 20.8 Å². The maximum Gasteiger partial charge on any atom is 0.227 e. The lowest BCUT2D eigenvalue weighted by Gasteiger charge is -2.15. The van der Waals surface area contributed by atoms with Crippen LogP contribution in [0, 0.1) is 5.92 Å². The van der Waals surface area contributed by atoms with E-state index in [1.807, 2.05) is 6.92 Å². The van der Waals surface area contributed by atoms with Crippen LogP contribution in [0.5, 0.6) is 0 Å². The zero-order valence-electron chi connectivity index (χ0n) is 11.1. The van der Waals surface area contributed by atoms with Gasteiger partial charge in [-0.1, -0.05) is 61.5 Å². The average Bonchev–Trinajstić information content (AvgIpc) is 2.37. The van der Waals surface area contributed by atoms with Crippen molar-refractivity contribution in [3.63, 3.8) is 0 Å². The Bertz CT molecular complexity index is 449. The summed E-state index contributed by atoms with van der Waals surface area (Å²) in [5, 5.41) is 3.98. The highest BCUT2D eigenvalue weighted by Crippen LogP contribution is 2.32. The van der Waals surface area contributed by atoms with Crippen LogP contribution in [0.3, 0.4) is 0 Å². The van der Waals surface area contributed by atoms with E-state index in [-0.39, 0.29) is 11.8 Å². The second kappa shape index (κ2) is 7.98. The van der Waals surface area contributed by atoms with Crippen LogP contribution in [0.2, 0.25) is 15.1 Å². The van der Waals surface area contributed by atoms with Crippen molar-refractivity contribution in [1.29, 1.82) is 0 Å². The number of carbonyl (C=O) groups excluding carboxylic acids is 1. The summed E-state index contributed by atoms with van der Waals surface area (Å²) in [4.78, 5) is 12.2. The van der Waals surface area contributed by atoms with E-state index in [9.17, 15) is 4.79 Å². The van der Waals surface area contributed by atoms with Gasteiger partial charge in [0.15, 0.2) is 0 Å². The Hall–Kier alpha value is -0.440. The Labute approximate surface area is 129 Å². The van der Waals surface area contributed by atoms with E-state index < -0.39 is 0 Å². The minimum atomic E-state index is -0.0174. The third-order valence-electron chi connectivity index (χ3n) is 3.04. The molecular formula is C14H18Cl3NO. The fourth-order valence-corrected chi connectivity index (χ4v) is 2.42. The molecule has 0 aliphatic carbocycles. The molecule has 1 N–H and O–H groups in total. The Kier molecular flexibility index (Phi) is 6.98. The van der Waals surface area contributed by atoms with Crippen LogP contribution in [0.4, 0.5) is 5.69 Å². The molecule has 0 radical (unpaired) electrons. The summed E-state index contributed by atoms with van der Waals surface area (Å²) < 4.78 is 0. The van der Waals surface area contributed by atoms with Gasteiger partial charge in [-0.2, -0.15) is 0 Å². The lowest BCUT2D eigenvalue weighted by atomic mass is 9.98. The minimum Gasteiger partial charge on any atom is -0.324 e. The number of hydrogen-bond donors (Lipinski definition) is 1. The number of unbranched alkanes of at least 4 members (excludes halogenated alkanes) is 1. The monoisotopic (exact) mass is 321 g/mol. The Morgan fingerprint density at radius 2 is 1.79 bits per heavy atom. The SMILES string of the molecule is CCCCC(CC)C(=O)Nc1cc(Cl)c(Cl)cc1Cl. The third kappa shape index (κ3) is 4.87. The number of carbonyl (C=O) groups is 1. The maximum atomic E-state index is 12.2. The van der Waals surface area contributed by atoms with E-state index in [2.05, 4.69) is 12.2 Å². The first-order valence-corrected chi connectivity index (χ1v) is 7.58. The van der Waals surface area contributed by atoms with Gasteiger partial charge in [0.2, 0.25) is 5.91 Å². The molecule has 1 rings (SSSR count). The molecule has 1 amide bonds. The molecule has 2 nitrogen and oxygen atoms in total. The molecule has 106 valence electrons. The van der Waals surface area contributed by atoms with Crippen LogP contribution in [-0.2, 0) is 4.79 Å². The molecule has 1 atom stereocenters. The highest BCUT2D eigenvalue weighted by atomic mass is 35.5. The number of halogens is 3. The molecule has 0 saturated carbocycles. The van der Waals surface area contributed by atoms with E-state index in [1.165, 1.54) is 6.07 Å². The van der Waals surface area contributed by atoms with Crippen molar-refractivity contribution in [2.24, 2.45) is 5.92 Å². The van der Waals surface area contributed by atoms with Crippen molar-refractivity contribution in [2.75, 3.05) is 5.32 Å². The predicted octanol–water partition coefficient (Wildman–Crippen LogP) is 5.80. The Morgan fingerprint density at radius 1 is 1.16 bits per heavy atom. The van der Waals surface area contributed by atoms with Gasteiger partial charge in [0.05, 0.1) is 20.8 Å². The van der Waals surface area contributed by atoms with E-state index in [4.69, 9.17) is 34.8 Å². The van der Waals surface area contributed by atoms with Gasteiger partial charge in [0.25, 0.3) is 0 Å². The number of benzene rings is 1. The standard InChI is InChI=1S/C14H18Cl3NO/c1-3-5-6-9(4-2)14(19)18-13-8-11(16)10(15)7-12(13)17/h7-9H,3-6H2,1-2H3,(H,18,19). The molecule has 1 aromatic rings. The first kappa shape index (κ1) is 16.6. The molecule has 0 spiro atoms. The Morgan fingerprint density at radius 3 is 2.37 bits per heavy atom. The lowest BCUT2D eigenvalue weighted by molar-refractivity contribution is -0.120. The molecule has 0 bridgehead atoms. The average molecular weight is 323 g/mol. The summed E-state index contributed by atoms with van der Waals surface area (Å²) in [5.74, 6) is -0.0123. The van der Waals surface area contributed by atoms with Crippen LogP contribution in [-0.4, -0.2) is 5.91 Å². The maximum absolute atomic E-state index is 12.2. The number of hydrogen-bond acceptors (Lipinski definition) is 1. The number of anilines is 1. The number of nitrogens with one attached hydrogen (secondary N) is 1. The van der Waals surface area contributed by atoms with Gasteiger partial charge in [-0.25, -0.2) is 0 Å². The molecule has 0 aliphatic rings. The smallest absolute Gasteiger partial charge is 0.227 e. The van der Waals surface area contributed by atoms with Crippen molar-refractivity contribution in [3.05, 3.63) is 27.2 Å².